The summed E-state index contributed by atoms with van der Waals surface area (Å²) in [5.41, 5.74) is 1.23. The van der Waals surface area contributed by atoms with Crippen LogP contribution >= 0.6 is 0 Å². The third-order valence-electron chi connectivity index (χ3n) is 3.74. The Morgan fingerprint density at radius 3 is 2.25 bits per heavy atom. The molecule has 0 radical (unpaired) electrons. The normalized spacial score (nSPS) is 28.2. The van der Waals surface area contributed by atoms with Gasteiger partial charge in [0.1, 0.15) is 0 Å². The van der Waals surface area contributed by atoms with Crippen molar-refractivity contribution in [1.29, 1.82) is 0 Å². The standard InChI is InChI=1S/C14H21NO/c1-11-8-9-12(2)15(11)14(10-16)13-6-4-3-5-7-13/h3-7,11-12,14,16H,8-10H2,1-2H3/t11-,12+,14-/m1/s1. The molecule has 2 nitrogen and oxygen atoms in total. The van der Waals surface area contributed by atoms with Crippen LogP contribution in [0.5, 0.6) is 0 Å². The molecule has 0 spiro atoms. The first-order valence-corrected chi connectivity index (χ1v) is 6.17. The molecule has 2 rings (SSSR count). The van der Waals surface area contributed by atoms with Gasteiger partial charge in [0.2, 0.25) is 0 Å². The highest BCUT2D eigenvalue weighted by Gasteiger charge is 2.33. The van der Waals surface area contributed by atoms with Gasteiger partial charge in [-0.1, -0.05) is 30.3 Å². The smallest absolute Gasteiger partial charge is 0.0628 e. The minimum atomic E-state index is 0.161. The molecule has 1 aliphatic rings. The second-order valence-electron chi connectivity index (χ2n) is 4.83. The molecule has 3 atom stereocenters. The van der Waals surface area contributed by atoms with E-state index in [1.54, 1.807) is 0 Å². The Morgan fingerprint density at radius 1 is 1.19 bits per heavy atom. The van der Waals surface area contributed by atoms with Crippen LogP contribution in [0.4, 0.5) is 0 Å². The minimum Gasteiger partial charge on any atom is -0.394 e. The van der Waals surface area contributed by atoms with E-state index in [2.05, 4.69) is 30.9 Å². The van der Waals surface area contributed by atoms with Gasteiger partial charge in [-0.2, -0.15) is 0 Å². The van der Waals surface area contributed by atoms with E-state index in [0.717, 1.165) is 0 Å². The first-order valence-electron chi connectivity index (χ1n) is 6.17. The van der Waals surface area contributed by atoms with Crippen LogP contribution in [0.15, 0.2) is 30.3 Å². The van der Waals surface area contributed by atoms with E-state index in [9.17, 15) is 5.11 Å². The fraction of sp³-hybridized carbons (Fsp3) is 0.571. The summed E-state index contributed by atoms with van der Waals surface area (Å²) in [7, 11) is 0. The lowest BCUT2D eigenvalue weighted by Gasteiger charge is -2.34. The SMILES string of the molecule is C[C@@H]1CC[C@H](C)N1[C@H](CO)c1ccccc1. The van der Waals surface area contributed by atoms with Crippen molar-refractivity contribution in [2.75, 3.05) is 6.61 Å². The second kappa shape index (κ2) is 4.98. The van der Waals surface area contributed by atoms with Crippen molar-refractivity contribution in [3.63, 3.8) is 0 Å². The molecular weight excluding hydrogens is 198 g/mol. The lowest BCUT2D eigenvalue weighted by atomic mass is 10.0. The molecule has 0 unspecified atom stereocenters. The summed E-state index contributed by atoms with van der Waals surface area (Å²) >= 11 is 0. The molecule has 0 aliphatic carbocycles. The zero-order valence-corrected chi connectivity index (χ0v) is 10.1. The molecule has 1 fully saturated rings. The quantitative estimate of drug-likeness (QED) is 0.844. The van der Waals surface area contributed by atoms with E-state index in [-0.39, 0.29) is 12.6 Å². The van der Waals surface area contributed by atoms with Gasteiger partial charge >= 0.3 is 0 Å². The summed E-state index contributed by atoms with van der Waals surface area (Å²) in [6.07, 6.45) is 2.48. The summed E-state index contributed by atoms with van der Waals surface area (Å²) in [5.74, 6) is 0. The lowest BCUT2D eigenvalue weighted by Crippen LogP contribution is -2.38. The Balaban J connectivity index is 2.22. The van der Waals surface area contributed by atoms with Crippen molar-refractivity contribution in [3.8, 4) is 0 Å². The van der Waals surface area contributed by atoms with E-state index in [1.165, 1.54) is 18.4 Å². The van der Waals surface area contributed by atoms with Gasteiger partial charge < -0.3 is 5.11 Å². The molecule has 1 heterocycles. The second-order valence-corrected chi connectivity index (χ2v) is 4.83. The third-order valence-corrected chi connectivity index (χ3v) is 3.74. The zero-order chi connectivity index (χ0) is 11.5. The van der Waals surface area contributed by atoms with Gasteiger partial charge in [0.05, 0.1) is 12.6 Å². The number of aliphatic hydroxyl groups excluding tert-OH is 1. The first kappa shape index (κ1) is 11.6. The molecule has 0 amide bonds. The van der Waals surface area contributed by atoms with Gasteiger partial charge in [0, 0.05) is 12.1 Å². The molecule has 0 bridgehead atoms. The average molecular weight is 219 g/mol. The molecule has 16 heavy (non-hydrogen) atoms. The molecule has 1 aromatic carbocycles. The van der Waals surface area contributed by atoms with Crippen LogP contribution in [0.2, 0.25) is 0 Å². The Hall–Kier alpha value is -0.860. The highest BCUT2D eigenvalue weighted by Crippen LogP contribution is 2.33. The van der Waals surface area contributed by atoms with Crippen LogP contribution in [-0.2, 0) is 0 Å². The summed E-state index contributed by atoms with van der Waals surface area (Å²) in [6, 6.07) is 11.6. The van der Waals surface area contributed by atoms with Crippen molar-refractivity contribution < 1.29 is 5.11 Å². The van der Waals surface area contributed by atoms with Crippen molar-refractivity contribution in [3.05, 3.63) is 35.9 Å². The Bertz CT molecular complexity index is 315. The van der Waals surface area contributed by atoms with Gasteiger partial charge in [-0.3, -0.25) is 4.90 Å². The predicted molar refractivity (Wildman–Crippen MR) is 66.3 cm³/mol. The largest absolute Gasteiger partial charge is 0.394 e. The molecule has 1 saturated heterocycles. The predicted octanol–water partition coefficient (Wildman–Crippen LogP) is 2.59. The van der Waals surface area contributed by atoms with Crippen LogP contribution in [0.25, 0.3) is 0 Å². The number of aliphatic hydroxyl groups is 1. The highest BCUT2D eigenvalue weighted by atomic mass is 16.3. The van der Waals surface area contributed by atoms with E-state index in [4.69, 9.17) is 0 Å². The Morgan fingerprint density at radius 2 is 1.75 bits per heavy atom. The Labute approximate surface area is 97.9 Å². The maximum atomic E-state index is 9.63. The van der Waals surface area contributed by atoms with Crippen LogP contribution in [0, 0.1) is 0 Å². The fourth-order valence-electron chi connectivity index (χ4n) is 2.88. The van der Waals surface area contributed by atoms with Crippen LogP contribution < -0.4 is 0 Å². The molecule has 1 aromatic rings. The highest BCUT2D eigenvalue weighted by molar-refractivity contribution is 5.20. The number of rotatable bonds is 3. The molecule has 1 N–H and O–H groups in total. The summed E-state index contributed by atoms with van der Waals surface area (Å²) < 4.78 is 0. The van der Waals surface area contributed by atoms with Crippen molar-refractivity contribution in [2.45, 2.75) is 44.8 Å². The fourth-order valence-corrected chi connectivity index (χ4v) is 2.88. The molecule has 0 saturated carbocycles. The minimum absolute atomic E-state index is 0.161. The third kappa shape index (κ3) is 2.13. The number of likely N-dealkylation sites (tertiary alicyclic amines) is 1. The monoisotopic (exact) mass is 219 g/mol. The van der Waals surface area contributed by atoms with Crippen molar-refractivity contribution in [2.24, 2.45) is 0 Å². The van der Waals surface area contributed by atoms with Gasteiger partial charge in [-0.15, -0.1) is 0 Å². The van der Waals surface area contributed by atoms with Crippen LogP contribution in [0.3, 0.4) is 0 Å². The summed E-state index contributed by atoms with van der Waals surface area (Å²) in [4.78, 5) is 2.45. The number of hydrogen-bond acceptors (Lipinski definition) is 2. The molecule has 88 valence electrons. The zero-order valence-electron chi connectivity index (χ0n) is 10.1. The number of benzene rings is 1. The maximum absolute atomic E-state index is 9.63. The number of nitrogens with zero attached hydrogens (tertiary/aromatic N) is 1. The van der Waals surface area contributed by atoms with E-state index in [1.807, 2.05) is 18.2 Å². The lowest BCUT2D eigenvalue weighted by molar-refractivity contribution is 0.0890. The first-order chi connectivity index (χ1) is 7.74. The average Bonchev–Trinajstić information content (AvgIpc) is 2.63. The van der Waals surface area contributed by atoms with Crippen LogP contribution in [0.1, 0.15) is 38.3 Å². The van der Waals surface area contributed by atoms with E-state index in [0.29, 0.717) is 12.1 Å². The van der Waals surface area contributed by atoms with E-state index >= 15 is 0 Å². The molecule has 0 aromatic heterocycles. The maximum Gasteiger partial charge on any atom is 0.0628 e. The van der Waals surface area contributed by atoms with Gasteiger partial charge in [0.25, 0.3) is 0 Å². The van der Waals surface area contributed by atoms with Crippen LogP contribution in [-0.4, -0.2) is 28.7 Å². The number of hydrogen-bond donors (Lipinski definition) is 1. The van der Waals surface area contributed by atoms with E-state index < -0.39 is 0 Å². The summed E-state index contributed by atoms with van der Waals surface area (Å²) in [5, 5.41) is 9.63. The van der Waals surface area contributed by atoms with Gasteiger partial charge in [0.15, 0.2) is 0 Å². The Kier molecular flexibility index (Phi) is 3.62. The molecule has 2 heteroatoms. The topological polar surface area (TPSA) is 23.5 Å². The molecule has 1 aliphatic heterocycles. The summed E-state index contributed by atoms with van der Waals surface area (Å²) in [6.45, 7) is 4.73. The van der Waals surface area contributed by atoms with Crippen molar-refractivity contribution >= 4 is 0 Å². The molecular formula is C14H21NO. The van der Waals surface area contributed by atoms with Crippen molar-refractivity contribution in [1.82, 2.24) is 4.90 Å². The van der Waals surface area contributed by atoms with Gasteiger partial charge in [-0.25, -0.2) is 0 Å². The van der Waals surface area contributed by atoms with Gasteiger partial charge in [-0.05, 0) is 32.3 Å².